The van der Waals surface area contributed by atoms with Crippen molar-refractivity contribution in [2.75, 3.05) is 5.32 Å². The van der Waals surface area contributed by atoms with Gasteiger partial charge in [-0.15, -0.1) is 11.3 Å². The van der Waals surface area contributed by atoms with Gasteiger partial charge in [0.1, 0.15) is 0 Å². The molecule has 26 heavy (non-hydrogen) atoms. The number of para-hydroxylation sites is 1. The summed E-state index contributed by atoms with van der Waals surface area (Å²) in [6.45, 7) is 0. The molecule has 124 valence electrons. The van der Waals surface area contributed by atoms with Gasteiger partial charge in [-0.2, -0.15) is 0 Å². The normalized spacial score (nSPS) is 12.7. The minimum atomic E-state index is -0.193. The van der Waals surface area contributed by atoms with E-state index in [0.29, 0.717) is 16.8 Å². The molecule has 1 aliphatic rings. The summed E-state index contributed by atoms with van der Waals surface area (Å²) >= 11 is 1.57. The average molecular weight is 355 g/mol. The number of carbonyl (C=O) groups is 2. The van der Waals surface area contributed by atoms with Gasteiger partial charge in [0.2, 0.25) is 5.78 Å². The maximum Gasteiger partial charge on any atom is 0.210 e. The third-order valence-corrected chi connectivity index (χ3v) is 4.78. The number of hydrogen-bond acceptors (Lipinski definition) is 4. The lowest BCUT2D eigenvalue weighted by atomic mass is 9.92. The van der Waals surface area contributed by atoms with Gasteiger partial charge in [-0.05, 0) is 23.6 Å². The number of ketones is 2. The van der Waals surface area contributed by atoms with Gasteiger partial charge < -0.3 is 5.32 Å². The highest BCUT2D eigenvalue weighted by Gasteiger charge is 2.25. The van der Waals surface area contributed by atoms with E-state index in [9.17, 15) is 9.59 Å². The van der Waals surface area contributed by atoms with Crippen molar-refractivity contribution in [1.29, 1.82) is 0 Å². The molecule has 0 fully saturated rings. The molecule has 0 atom stereocenters. The first-order valence-electron chi connectivity index (χ1n) is 8.04. The Morgan fingerprint density at radius 2 is 1.58 bits per heavy atom. The Morgan fingerprint density at radius 3 is 2.38 bits per heavy atom. The maximum absolute atomic E-state index is 12.7. The lowest BCUT2D eigenvalue weighted by molar-refractivity contribution is 0.0985. The fourth-order valence-corrected chi connectivity index (χ4v) is 3.30. The number of benzene rings is 2. The van der Waals surface area contributed by atoms with Gasteiger partial charge in [0.15, 0.2) is 5.78 Å². The fourth-order valence-electron chi connectivity index (χ4n) is 2.73. The summed E-state index contributed by atoms with van der Waals surface area (Å²) in [5.74, 6) is 5.87. The molecule has 0 bridgehead atoms. The van der Waals surface area contributed by atoms with Crippen LogP contribution in [0.4, 0.5) is 5.69 Å². The molecular weight excluding hydrogens is 342 g/mol. The van der Waals surface area contributed by atoms with Crippen molar-refractivity contribution in [3.8, 4) is 11.8 Å². The van der Waals surface area contributed by atoms with Crippen molar-refractivity contribution in [1.82, 2.24) is 0 Å². The minimum absolute atomic E-state index is 0.176. The molecule has 4 heteroatoms. The van der Waals surface area contributed by atoms with Crippen LogP contribution in [0, 0.1) is 11.8 Å². The lowest BCUT2D eigenvalue weighted by Gasteiger charge is -2.17. The Hall–Kier alpha value is -3.42. The molecule has 4 rings (SSSR count). The molecule has 0 radical (unpaired) electrons. The van der Waals surface area contributed by atoms with Gasteiger partial charge in [-0.3, -0.25) is 9.59 Å². The molecule has 1 aliphatic carbocycles. The van der Waals surface area contributed by atoms with E-state index in [-0.39, 0.29) is 17.3 Å². The molecule has 0 aliphatic heterocycles. The Labute approximate surface area is 155 Å². The second-order valence-corrected chi connectivity index (χ2v) is 6.64. The molecule has 1 N–H and O–H groups in total. The van der Waals surface area contributed by atoms with Crippen molar-refractivity contribution in [2.45, 2.75) is 0 Å². The zero-order valence-corrected chi connectivity index (χ0v) is 14.5. The third kappa shape index (κ3) is 3.08. The van der Waals surface area contributed by atoms with Crippen LogP contribution in [-0.4, -0.2) is 11.6 Å². The molecule has 0 amide bonds. The van der Waals surface area contributed by atoms with Crippen LogP contribution in [-0.2, 0) is 0 Å². The zero-order chi connectivity index (χ0) is 17.9. The average Bonchev–Trinajstić information content (AvgIpc) is 3.19. The number of allylic oxidation sites excluding steroid dienone is 2. The number of Topliss-reactive ketones (excluding diaryl/α,β-unsaturated/α-hetero) is 1. The van der Waals surface area contributed by atoms with E-state index in [0.717, 1.165) is 10.4 Å². The number of rotatable bonds is 2. The van der Waals surface area contributed by atoms with Gasteiger partial charge in [-0.1, -0.05) is 54.3 Å². The van der Waals surface area contributed by atoms with Gasteiger partial charge >= 0.3 is 0 Å². The quantitative estimate of drug-likeness (QED) is 0.687. The van der Waals surface area contributed by atoms with Crippen molar-refractivity contribution in [2.24, 2.45) is 0 Å². The van der Waals surface area contributed by atoms with Crippen LogP contribution in [0.5, 0.6) is 0 Å². The predicted molar refractivity (Wildman–Crippen MR) is 104 cm³/mol. The number of thiophene rings is 1. The second-order valence-electron chi connectivity index (χ2n) is 5.69. The fraction of sp³-hybridized carbons (Fsp3) is 0. The smallest absolute Gasteiger partial charge is 0.210 e. The molecule has 2 aromatic carbocycles. The second kappa shape index (κ2) is 6.83. The summed E-state index contributed by atoms with van der Waals surface area (Å²) < 4.78 is 0. The number of nitrogens with one attached hydrogen (secondary N) is 1. The standard InChI is InChI=1S/C22H13NO2S/c24-21-14-20(22(25)18-9-3-2-8-17(18)21)23-19-10-4-1-6-15(19)11-12-16-7-5-13-26-16/h1-10,13-14,23H. The van der Waals surface area contributed by atoms with Crippen molar-refractivity contribution in [3.63, 3.8) is 0 Å². The summed E-state index contributed by atoms with van der Waals surface area (Å²) in [7, 11) is 0. The molecule has 3 aromatic rings. The van der Waals surface area contributed by atoms with E-state index >= 15 is 0 Å². The van der Waals surface area contributed by atoms with Crippen LogP contribution in [0.25, 0.3) is 0 Å². The van der Waals surface area contributed by atoms with Crippen LogP contribution in [0.2, 0.25) is 0 Å². The van der Waals surface area contributed by atoms with Crippen molar-refractivity contribution < 1.29 is 9.59 Å². The van der Waals surface area contributed by atoms with Crippen LogP contribution in [0.15, 0.2) is 77.8 Å². The van der Waals surface area contributed by atoms with E-state index < -0.39 is 0 Å². The summed E-state index contributed by atoms with van der Waals surface area (Å²) in [5.41, 5.74) is 2.58. The molecular formula is C22H13NO2S. The highest BCUT2D eigenvalue weighted by Crippen LogP contribution is 2.24. The molecule has 1 aromatic heterocycles. The number of anilines is 1. The van der Waals surface area contributed by atoms with E-state index in [1.165, 1.54) is 6.08 Å². The summed E-state index contributed by atoms with van der Waals surface area (Å²) in [4.78, 5) is 26.0. The van der Waals surface area contributed by atoms with Gasteiger partial charge in [0.05, 0.1) is 16.3 Å². The zero-order valence-electron chi connectivity index (χ0n) is 13.7. The number of hydrogen-bond donors (Lipinski definition) is 1. The number of carbonyl (C=O) groups excluding carboxylic acids is 2. The minimum Gasteiger partial charge on any atom is -0.351 e. The summed E-state index contributed by atoms with van der Waals surface area (Å²) in [6.07, 6.45) is 1.36. The van der Waals surface area contributed by atoms with Crippen LogP contribution in [0.3, 0.4) is 0 Å². The Bertz CT molecular complexity index is 1100. The maximum atomic E-state index is 12.7. The first kappa shape index (κ1) is 16.1. The molecule has 0 spiro atoms. The van der Waals surface area contributed by atoms with E-state index in [2.05, 4.69) is 17.2 Å². The number of fused-ring (bicyclic) bond motifs is 1. The third-order valence-electron chi connectivity index (χ3n) is 4.00. The molecule has 3 nitrogen and oxygen atoms in total. The molecule has 0 saturated carbocycles. The highest BCUT2D eigenvalue weighted by molar-refractivity contribution is 7.10. The van der Waals surface area contributed by atoms with Crippen LogP contribution < -0.4 is 5.32 Å². The topological polar surface area (TPSA) is 46.2 Å². The van der Waals surface area contributed by atoms with Gasteiger partial charge in [0, 0.05) is 22.8 Å². The summed E-state index contributed by atoms with van der Waals surface area (Å²) in [6, 6.07) is 18.2. The van der Waals surface area contributed by atoms with Crippen LogP contribution in [0.1, 0.15) is 31.2 Å². The largest absolute Gasteiger partial charge is 0.351 e. The molecule has 0 saturated heterocycles. The first-order valence-corrected chi connectivity index (χ1v) is 8.92. The lowest BCUT2D eigenvalue weighted by Crippen LogP contribution is -2.21. The van der Waals surface area contributed by atoms with Gasteiger partial charge in [-0.25, -0.2) is 0 Å². The Balaban J connectivity index is 1.67. The van der Waals surface area contributed by atoms with Gasteiger partial charge in [0.25, 0.3) is 0 Å². The van der Waals surface area contributed by atoms with E-state index in [4.69, 9.17) is 0 Å². The predicted octanol–water partition coefficient (Wildman–Crippen LogP) is 4.52. The van der Waals surface area contributed by atoms with E-state index in [1.54, 1.807) is 35.6 Å². The monoisotopic (exact) mass is 355 g/mol. The highest BCUT2D eigenvalue weighted by atomic mass is 32.1. The molecule has 1 heterocycles. The summed E-state index contributed by atoms with van der Waals surface area (Å²) in [5, 5.41) is 5.07. The first-order chi connectivity index (χ1) is 12.7. The van der Waals surface area contributed by atoms with Crippen LogP contribution >= 0.6 is 11.3 Å². The molecule has 0 unspecified atom stereocenters. The Kier molecular flexibility index (Phi) is 4.22. The van der Waals surface area contributed by atoms with Crippen molar-refractivity contribution in [3.05, 3.63) is 99.4 Å². The van der Waals surface area contributed by atoms with Crippen molar-refractivity contribution >= 4 is 28.6 Å². The van der Waals surface area contributed by atoms with E-state index in [1.807, 2.05) is 41.8 Å². The SMILES string of the molecule is O=C1C=C(Nc2ccccc2C#Cc2cccs2)C(=O)c2ccccc21. The Morgan fingerprint density at radius 1 is 0.808 bits per heavy atom.